The van der Waals surface area contributed by atoms with Crippen molar-refractivity contribution in [1.82, 2.24) is 4.90 Å². The molecule has 2 N–H and O–H groups in total. The first-order valence-corrected chi connectivity index (χ1v) is 6.57. The summed E-state index contributed by atoms with van der Waals surface area (Å²) < 4.78 is 0.869. The van der Waals surface area contributed by atoms with E-state index >= 15 is 0 Å². The number of nitrogens with zero attached hydrogens (tertiary/aromatic N) is 1. The minimum absolute atomic E-state index is 0.321. The molecule has 4 heteroatoms. The topological polar surface area (TPSA) is 29.3 Å². The Kier molecular flexibility index (Phi) is 3.36. The highest BCUT2D eigenvalue weighted by Crippen LogP contribution is 2.31. The van der Waals surface area contributed by atoms with Crippen molar-refractivity contribution in [3.63, 3.8) is 0 Å². The molecule has 0 spiro atoms. The molecule has 1 aromatic rings. The van der Waals surface area contributed by atoms with E-state index in [4.69, 9.17) is 17.3 Å². The van der Waals surface area contributed by atoms with Crippen molar-refractivity contribution >= 4 is 22.9 Å². The molecule has 3 unspecified atom stereocenters. The molecule has 1 aliphatic rings. The lowest BCUT2D eigenvalue weighted by Gasteiger charge is -2.23. The minimum atomic E-state index is 0.321. The van der Waals surface area contributed by atoms with E-state index in [2.05, 4.69) is 30.2 Å². The highest BCUT2D eigenvalue weighted by atomic mass is 35.5. The van der Waals surface area contributed by atoms with Gasteiger partial charge in [0.2, 0.25) is 0 Å². The fraction of sp³-hybridized carbons (Fsp3) is 0.636. The molecule has 1 saturated heterocycles. The molecule has 84 valence electrons. The SMILES string of the molecule is CC1CN(C(C)c2csc(Cl)c2)CC1N. The summed E-state index contributed by atoms with van der Waals surface area (Å²) in [5.41, 5.74) is 7.34. The van der Waals surface area contributed by atoms with Crippen LogP contribution in [0.15, 0.2) is 11.4 Å². The van der Waals surface area contributed by atoms with Gasteiger partial charge < -0.3 is 5.73 Å². The van der Waals surface area contributed by atoms with E-state index in [0.29, 0.717) is 18.0 Å². The summed E-state index contributed by atoms with van der Waals surface area (Å²) in [4.78, 5) is 2.44. The highest BCUT2D eigenvalue weighted by Gasteiger charge is 2.30. The average Bonchev–Trinajstić information content (AvgIpc) is 2.74. The first-order valence-electron chi connectivity index (χ1n) is 5.31. The van der Waals surface area contributed by atoms with Crippen LogP contribution >= 0.6 is 22.9 Å². The molecule has 3 atom stereocenters. The zero-order valence-electron chi connectivity index (χ0n) is 9.11. The van der Waals surface area contributed by atoms with Gasteiger partial charge in [-0.25, -0.2) is 0 Å². The Morgan fingerprint density at radius 1 is 1.60 bits per heavy atom. The van der Waals surface area contributed by atoms with Crippen molar-refractivity contribution in [3.8, 4) is 0 Å². The van der Waals surface area contributed by atoms with E-state index in [1.165, 1.54) is 5.56 Å². The maximum atomic E-state index is 6.02. The van der Waals surface area contributed by atoms with Crippen LogP contribution in [-0.4, -0.2) is 24.0 Å². The molecule has 1 aliphatic heterocycles. The second-order valence-electron chi connectivity index (χ2n) is 4.46. The molecule has 2 nitrogen and oxygen atoms in total. The van der Waals surface area contributed by atoms with E-state index < -0.39 is 0 Å². The number of hydrogen-bond acceptors (Lipinski definition) is 3. The van der Waals surface area contributed by atoms with Crippen molar-refractivity contribution in [1.29, 1.82) is 0 Å². The summed E-state index contributed by atoms with van der Waals surface area (Å²) in [6.07, 6.45) is 0. The van der Waals surface area contributed by atoms with Crippen molar-refractivity contribution in [2.75, 3.05) is 13.1 Å². The Labute approximate surface area is 100 Å². The van der Waals surface area contributed by atoms with Crippen molar-refractivity contribution < 1.29 is 0 Å². The van der Waals surface area contributed by atoms with Crippen LogP contribution in [0, 0.1) is 5.92 Å². The van der Waals surface area contributed by atoms with Gasteiger partial charge in [-0.1, -0.05) is 18.5 Å². The van der Waals surface area contributed by atoms with Crippen LogP contribution in [0.1, 0.15) is 25.5 Å². The van der Waals surface area contributed by atoms with Crippen LogP contribution in [-0.2, 0) is 0 Å². The van der Waals surface area contributed by atoms with Crippen LogP contribution in [0.5, 0.6) is 0 Å². The van der Waals surface area contributed by atoms with Crippen LogP contribution in [0.25, 0.3) is 0 Å². The molecule has 0 radical (unpaired) electrons. The Hall–Kier alpha value is -0.0900. The molecule has 0 bridgehead atoms. The third kappa shape index (κ3) is 2.36. The number of nitrogens with two attached hydrogens (primary N) is 1. The van der Waals surface area contributed by atoms with Gasteiger partial charge >= 0.3 is 0 Å². The largest absolute Gasteiger partial charge is 0.326 e. The van der Waals surface area contributed by atoms with Gasteiger partial charge in [-0.15, -0.1) is 11.3 Å². The van der Waals surface area contributed by atoms with Crippen LogP contribution in [0.3, 0.4) is 0 Å². The van der Waals surface area contributed by atoms with Gasteiger partial charge in [-0.3, -0.25) is 4.90 Å². The van der Waals surface area contributed by atoms with Gasteiger partial charge in [0.25, 0.3) is 0 Å². The van der Waals surface area contributed by atoms with Gasteiger partial charge in [0.15, 0.2) is 0 Å². The third-order valence-electron chi connectivity index (χ3n) is 3.32. The second-order valence-corrected chi connectivity index (χ2v) is 6.00. The van der Waals surface area contributed by atoms with Gasteiger partial charge in [-0.2, -0.15) is 0 Å². The lowest BCUT2D eigenvalue weighted by atomic mass is 10.1. The molecule has 0 saturated carbocycles. The van der Waals surface area contributed by atoms with Crippen LogP contribution in [0.4, 0.5) is 0 Å². The maximum absolute atomic E-state index is 6.02. The van der Waals surface area contributed by atoms with E-state index in [-0.39, 0.29) is 0 Å². The molecular weight excluding hydrogens is 228 g/mol. The summed E-state index contributed by atoms with van der Waals surface area (Å²) >= 11 is 7.54. The number of thiophene rings is 1. The zero-order chi connectivity index (χ0) is 11.0. The number of halogens is 1. The molecular formula is C11H17ClN2S. The van der Waals surface area contributed by atoms with Crippen molar-refractivity contribution in [3.05, 3.63) is 21.3 Å². The smallest absolute Gasteiger partial charge is 0.0931 e. The Morgan fingerprint density at radius 2 is 2.33 bits per heavy atom. The fourth-order valence-corrected chi connectivity index (χ4v) is 3.08. The normalized spacial score (nSPS) is 29.6. The van der Waals surface area contributed by atoms with Gasteiger partial charge in [0.1, 0.15) is 0 Å². The maximum Gasteiger partial charge on any atom is 0.0931 e. The van der Waals surface area contributed by atoms with Crippen LogP contribution in [0.2, 0.25) is 4.34 Å². The molecule has 0 amide bonds. The summed E-state index contributed by atoms with van der Waals surface area (Å²) in [7, 11) is 0. The quantitative estimate of drug-likeness (QED) is 0.867. The first kappa shape index (κ1) is 11.4. The van der Waals surface area contributed by atoms with E-state index in [0.717, 1.165) is 17.4 Å². The third-order valence-corrected chi connectivity index (χ3v) is 4.43. The number of hydrogen-bond donors (Lipinski definition) is 1. The molecule has 0 aliphatic carbocycles. The predicted molar refractivity (Wildman–Crippen MR) is 66.5 cm³/mol. The number of likely N-dealkylation sites (tertiary alicyclic amines) is 1. The van der Waals surface area contributed by atoms with Crippen LogP contribution < -0.4 is 5.73 Å². The molecule has 0 aromatic carbocycles. The highest BCUT2D eigenvalue weighted by molar-refractivity contribution is 7.14. The number of rotatable bonds is 2. The monoisotopic (exact) mass is 244 g/mol. The average molecular weight is 245 g/mol. The van der Waals surface area contributed by atoms with E-state index in [1.54, 1.807) is 11.3 Å². The molecule has 2 rings (SSSR count). The second kappa shape index (κ2) is 4.42. The summed E-state index contributed by atoms with van der Waals surface area (Å²) in [5.74, 6) is 0.599. The lowest BCUT2D eigenvalue weighted by molar-refractivity contribution is 0.254. The molecule has 15 heavy (non-hydrogen) atoms. The Morgan fingerprint density at radius 3 is 2.80 bits per heavy atom. The molecule has 1 aromatic heterocycles. The predicted octanol–water partition coefficient (Wildman–Crippen LogP) is 2.74. The van der Waals surface area contributed by atoms with Crippen molar-refractivity contribution in [2.45, 2.75) is 25.9 Å². The minimum Gasteiger partial charge on any atom is -0.326 e. The first-order chi connectivity index (χ1) is 7.08. The molecule has 1 fully saturated rings. The van der Waals surface area contributed by atoms with Gasteiger partial charge in [0.05, 0.1) is 4.34 Å². The van der Waals surface area contributed by atoms with Gasteiger partial charge in [0, 0.05) is 25.2 Å². The summed E-state index contributed by atoms with van der Waals surface area (Å²) in [5, 5.41) is 2.14. The fourth-order valence-electron chi connectivity index (χ4n) is 2.10. The van der Waals surface area contributed by atoms with E-state index in [9.17, 15) is 0 Å². The summed E-state index contributed by atoms with van der Waals surface area (Å²) in [6, 6.07) is 2.82. The lowest BCUT2D eigenvalue weighted by Crippen LogP contribution is -2.29. The zero-order valence-corrected chi connectivity index (χ0v) is 10.7. The Bertz CT molecular complexity index is 329. The van der Waals surface area contributed by atoms with Gasteiger partial charge in [-0.05, 0) is 29.9 Å². The van der Waals surface area contributed by atoms with Crippen molar-refractivity contribution in [2.24, 2.45) is 11.7 Å². The molecule has 2 heterocycles. The van der Waals surface area contributed by atoms with E-state index in [1.807, 2.05) is 0 Å². The standard InChI is InChI=1S/C11H17ClN2S/c1-7-4-14(5-10(7)13)8(2)9-3-11(12)15-6-9/h3,6-8,10H,4-5,13H2,1-2H3. The Balaban J connectivity index is 2.06. The summed E-state index contributed by atoms with van der Waals surface area (Å²) in [6.45, 7) is 6.53.